The van der Waals surface area contributed by atoms with E-state index in [2.05, 4.69) is 15.0 Å². The number of rotatable bonds is 1. The van der Waals surface area contributed by atoms with Crippen LogP contribution in [0.3, 0.4) is 0 Å². The van der Waals surface area contributed by atoms with Crippen LogP contribution in [0.2, 0.25) is 0 Å². The zero-order valence-electron chi connectivity index (χ0n) is 8.92. The first-order valence-electron chi connectivity index (χ1n) is 5.10. The second kappa shape index (κ2) is 3.83. The molecule has 0 aliphatic rings. The van der Waals surface area contributed by atoms with E-state index in [1.165, 1.54) is 12.1 Å². The molecule has 3 aromatic rings. The molecular formula is C12H6F3N3. The summed E-state index contributed by atoms with van der Waals surface area (Å²) in [7, 11) is 0. The Morgan fingerprint density at radius 2 is 1.78 bits per heavy atom. The van der Waals surface area contributed by atoms with Gasteiger partial charge < -0.3 is 4.98 Å². The molecule has 0 saturated heterocycles. The number of nitrogens with one attached hydrogen (secondary N) is 1. The third-order valence-corrected chi connectivity index (χ3v) is 2.49. The predicted octanol–water partition coefficient (Wildman–Crippen LogP) is 3.04. The Kier molecular flexibility index (Phi) is 2.29. The molecule has 0 fully saturated rings. The van der Waals surface area contributed by atoms with Crippen molar-refractivity contribution in [1.29, 1.82) is 0 Å². The highest BCUT2D eigenvalue weighted by atomic mass is 19.2. The lowest BCUT2D eigenvalue weighted by atomic mass is 10.3. The molecular weight excluding hydrogens is 243 g/mol. The van der Waals surface area contributed by atoms with E-state index < -0.39 is 17.5 Å². The summed E-state index contributed by atoms with van der Waals surface area (Å²) in [6, 6.07) is 4.68. The van der Waals surface area contributed by atoms with E-state index in [0.29, 0.717) is 17.0 Å². The maximum atomic E-state index is 13.0. The van der Waals surface area contributed by atoms with Crippen LogP contribution in [-0.4, -0.2) is 15.0 Å². The number of aromatic amines is 1. The number of benzene rings is 1. The number of aromatic nitrogens is 3. The molecule has 90 valence electrons. The molecule has 0 saturated carbocycles. The quantitative estimate of drug-likeness (QED) is 0.720. The van der Waals surface area contributed by atoms with Gasteiger partial charge >= 0.3 is 0 Å². The van der Waals surface area contributed by atoms with Crippen LogP contribution in [-0.2, 0) is 0 Å². The summed E-state index contributed by atoms with van der Waals surface area (Å²) >= 11 is 0. The average Bonchev–Trinajstić information content (AvgIpc) is 2.73. The van der Waals surface area contributed by atoms with Crippen molar-refractivity contribution in [3.8, 4) is 11.5 Å². The van der Waals surface area contributed by atoms with Gasteiger partial charge in [0, 0.05) is 12.1 Å². The number of halogens is 3. The summed E-state index contributed by atoms with van der Waals surface area (Å²) in [6.45, 7) is 0. The van der Waals surface area contributed by atoms with E-state index in [-0.39, 0.29) is 5.52 Å². The van der Waals surface area contributed by atoms with Crippen molar-refractivity contribution in [2.75, 3.05) is 0 Å². The SMILES string of the molecule is Fc1ccc(-c2nc3cc(F)c(F)cc3[nH]2)nc1. The van der Waals surface area contributed by atoms with Gasteiger partial charge in [0.2, 0.25) is 0 Å². The van der Waals surface area contributed by atoms with Gasteiger partial charge in [0.05, 0.1) is 17.2 Å². The number of H-pyrrole nitrogens is 1. The molecule has 0 amide bonds. The predicted molar refractivity (Wildman–Crippen MR) is 59.2 cm³/mol. The fraction of sp³-hybridized carbons (Fsp3) is 0. The molecule has 6 heteroatoms. The van der Waals surface area contributed by atoms with E-state index in [1.54, 1.807) is 0 Å². The van der Waals surface area contributed by atoms with Gasteiger partial charge in [-0.3, -0.25) is 0 Å². The minimum atomic E-state index is -0.965. The van der Waals surface area contributed by atoms with E-state index >= 15 is 0 Å². The van der Waals surface area contributed by atoms with Crippen LogP contribution < -0.4 is 0 Å². The van der Waals surface area contributed by atoms with Crippen LogP contribution in [0.4, 0.5) is 13.2 Å². The summed E-state index contributed by atoms with van der Waals surface area (Å²) in [5.41, 5.74) is 1.04. The molecule has 2 heterocycles. The molecule has 1 N–H and O–H groups in total. The van der Waals surface area contributed by atoms with Gasteiger partial charge in [-0.2, -0.15) is 0 Å². The fourth-order valence-electron chi connectivity index (χ4n) is 1.64. The molecule has 2 aromatic heterocycles. The summed E-state index contributed by atoms with van der Waals surface area (Å²) in [5.74, 6) is -2.06. The first-order valence-corrected chi connectivity index (χ1v) is 5.10. The smallest absolute Gasteiger partial charge is 0.161 e. The summed E-state index contributed by atoms with van der Waals surface area (Å²) in [6.07, 6.45) is 1.05. The summed E-state index contributed by atoms with van der Waals surface area (Å²) in [5, 5.41) is 0. The number of imidazole rings is 1. The maximum Gasteiger partial charge on any atom is 0.161 e. The molecule has 0 atom stereocenters. The summed E-state index contributed by atoms with van der Waals surface area (Å²) < 4.78 is 38.8. The topological polar surface area (TPSA) is 41.6 Å². The molecule has 0 aliphatic carbocycles. The Hall–Kier alpha value is -2.37. The van der Waals surface area contributed by atoms with Crippen molar-refractivity contribution in [1.82, 2.24) is 15.0 Å². The van der Waals surface area contributed by atoms with Crippen LogP contribution in [0.5, 0.6) is 0 Å². The van der Waals surface area contributed by atoms with Gasteiger partial charge in [-0.15, -0.1) is 0 Å². The van der Waals surface area contributed by atoms with E-state index in [4.69, 9.17) is 0 Å². The largest absolute Gasteiger partial charge is 0.337 e. The lowest BCUT2D eigenvalue weighted by Crippen LogP contribution is -1.85. The molecule has 1 aromatic carbocycles. The van der Waals surface area contributed by atoms with Gasteiger partial charge in [0.15, 0.2) is 17.5 Å². The number of pyridine rings is 1. The number of hydrogen-bond acceptors (Lipinski definition) is 2. The Labute approximate surface area is 99.3 Å². The molecule has 3 rings (SSSR count). The van der Waals surface area contributed by atoms with Crippen molar-refractivity contribution in [2.24, 2.45) is 0 Å². The maximum absolute atomic E-state index is 13.0. The molecule has 0 aliphatic heterocycles. The van der Waals surface area contributed by atoms with Crippen LogP contribution in [0.1, 0.15) is 0 Å². The van der Waals surface area contributed by atoms with Gasteiger partial charge in [0.1, 0.15) is 11.5 Å². The second-order valence-corrected chi connectivity index (χ2v) is 3.73. The Bertz CT molecular complexity index is 680. The molecule has 3 nitrogen and oxygen atoms in total. The zero-order chi connectivity index (χ0) is 12.7. The molecule has 18 heavy (non-hydrogen) atoms. The Balaban J connectivity index is 2.16. The number of nitrogens with zero attached hydrogens (tertiary/aromatic N) is 2. The fourth-order valence-corrected chi connectivity index (χ4v) is 1.64. The minimum Gasteiger partial charge on any atom is -0.337 e. The molecule has 0 bridgehead atoms. The third-order valence-electron chi connectivity index (χ3n) is 2.49. The van der Waals surface area contributed by atoms with Crippen LogP contribution in [0.15, 0.2) is 30.5 Å². The first-order chi connectivity index (χ1) is 8.63. The van der Waals surface area contributed by atoms with Crippen LogP contribution in [0.25, 0.3) is 22.6 Å². The normalized spacial score (nSPS) is 11.1. The highest BCUT2D eigenvalue weighted by Crippen LogP contribution is 2.21. The van der Waals surface area contributed by atoms with Gasteiger partial charge in [-0.1, -0.05) is 0 Å². The number of fused-ring (bicyclic) bond motifs is 1. The van der Waals surface area contributed by atoms with Gasteiger partial charge in [-0.05, 0) is 12.1 Å². The standard InChI is InChI=1S/C12H6F3N3/c13-6-1-2-9(16-5-6)12-17-10-3-7(14)8(15)4-11(10)18-12/h1-5H,(H,17,18). The third kappa shape index (κ3) is 1.71. The van der Waals surface area contributed by atoms with Crippen molar-refractivity contribution < 1.29 is 13.2 Å². The van der Waals surface area contributed by atoms with Crippen molar-refractivity contribution in [3.05, 3.63) is 47.9 Å². The second-order valence-electron chi connectivity index (χ2n) is 3.73. The van der Waals surface area contributed by atoms with Crippen LogP contribution >= 0.6 is 0 Å². The van der Waals surface area contributed by atoms with E-state index in [0.717, 1.165) is 18.3 Å². The first kappa shape index (κ1) is 10.8. The van der Waals surface area contributed by atoms with Crippen LogP contribution in [0, 0.1) is 17.5 Å². The zero-order valence-corrected chi connectivity index (χ0v) is 8.92. The average molecular weight is 249 g/mol. The highest BCUT2D eigenvalue weighted by molar-refractivity contribution is 5.78. The van der Waals surface area contributed by atoms with Gasteiger partial charge in [-0.25, -0.2) is 23.1 Å². The Morgan fingerprint density at radius 1 is 1.00 bits per heavy atom. The van der Waals surface area contributed by atoms with E-state index in [9.17, 15) is 13.2 Å². The number of hydrogen-bond donors (Lipinski definition) is 1. The Morgan fingerprint density at radius 3 is 2.50 bits per heavy atom. The van der Waals surface area contributed by atoms with Crippen molar-refractivity contribution in [3.63, 3.8) is 0 Å². The van der Waals surface area contributed by atoms with Gasteiger partial charge in [0.25, 0.3) is 0 Å². The monoisotopic (exact) mass is 249 g/mol. The minimum absolute atomic E-state index is 0.287. The van der Waals surface area contributed by atoms with Crippen molar-refractivity contribution >= 4 is 11.0 Å². The summed E-state index contributed by atoms with van der Waals surface area (Å²) in [4.78, 5) is 10.7. The lowest BCUT2D eigenvalue weighted by Gasteiger charge is -1.93. The molecule has 0 spiro atoms. The lowest BCUT2D eigenvalue weighted by molar-refractivity contribution is 0.510. The highest BCUT2D eigenvalue weighted by Gasteiger charge is 2.10. The van der Waals surface area contributed by atoms with Crippen molar-refractivity contribution in [2.45, 2.75) is 0 Å². The van der Waals surface area contributed by atoms with E-state index in [1.807, 2.05) is 0 Å². The molecule has 0 radical (unpaired) electrons. The molecule has 0 unspecified atom stereocenters.